The van der Waals surface area contributed by atoms with Crippen molar-refractivity contribution in [2.75, 3.05) is 33.4 Å². The molecule has 0 aromatic carbocycles. The van der Waals surface area contributed by atoms with Gasteiger partial charge in [-0.25, -0.2) is 0 Å². The first-order valence-electron chi connectivity index (χ1n) is 7.93. The minimum Gasteiger partial charge on any atom is -0.383 e. The molecule has 21 heavy (non-hydrogen) atoms. The minimum absolute atomic E-state index is 0.0331. The summed E-state index contributed by atoms with van der Waals surface area (Å²) in [6.07, 6.45) is 5.45. The summed E-state index contributed by atoms with van der Waals surface area (Å²) in [6.45, 7) is 4.08. The molecular formula is C15H29N3O3. The number of nitrogens with one attached hydrogen (secondary N) is 3. The summed E-state index contributed by atoms with van der Waals surface area (Å²) >= 11 is 0. The number of hydrogen-bond donors (Lipinski definition) is 3. The van der Waals surface area contributed by atoms with E-state index in [0.29, 0.717) is 19.7 Å². The van der Waals surface area contributed by atoms with Gasteiger partial charge in [0.05, 0.1) is 13.2 Å². The van der Waals surface area contributed by atoms with Crippen molar-refractivity contribution in [3.05, 3.63) is 0 Å². The number of amides is 2. The van der Waals surface area contributed by atoms with Gasteiger partial charge in [-0.3, -0.25) is 9.59 Å². The highest BCUT2D eigenvalue weighted by molar-refractivity contribution is 5.92. The van der Waals surface area contributed by atoms with E-state index in [4.69, 9.17) is 4.74 Å². The third kappa shape index (κ3) is 6.01. The Hall–Kier alpha value is -1.14. The van der Waals surface area contributed by atoms with Crippen LogP contribution in [0.4, 0.5) is 0 Å². The fourth-order valence-corrected chi connectivity index (χ4v) is 2.66. The maximum absolute atomic E-state index is 12.4. The van der Waals surface area contributed by atoms with Crippen LogP contribution in [-0.4, -0.2) is 50.7 Å². The second kappa shape index (κ2) is 9.73. The molecule has 0 aromatic rings. The van der Waals surface area contributed by atoms with Crippen molar-refractivity contribution in [2.24, 2.45) is 0 Å². The summed E-state index contributed by atoms with van der Waals surface area (Å²) in [6, 6.07) is 0. The summed E-state index contributed by atoms with van der Waals surface area (Å²) < 4.78 is 4.92. The maximum atomic E-state index is 12.4. The van der Waals surface area contributed by atoms with Gasteiger partial charge in [0.2, 0.25) is 11.8 Å². The average molecular weight is 299 g/mol. The van der Waals surface area contributed by atoms with Crippen LogP contribution in [0.25, 0.3) is 0 Å². The Morgan fingerprint density at radius 2 is 1.86 bits per heavy atom. The summed E-state index contributed by atoms with van der Waals surface area (Å²) in [7, 11) is 1.62. The number of ether oxygens (including phenoxy) is 1. The molecule has 0 unspecified atom stereocenters. The van der Waals surface area contributed by atoms with Gasteiger partial charge in [-0.15, -0.1) is 0 Å². The summed E-state index contributed by atoms with van der Waals surface area (Å²) in [4.78, 5) is 24.5. The Balaban J connectivity index is 2.52. The zero-order chi connectivity index (χ0) is 15.6. The molecule has 0 radical (unpaired) electrons. The smallest absolute Gasteiger partial charge is 0.245 e. The van der Waals surface area contributed by atoms with E-state index in [1.54, 1.807) is 7.11 Å². The van der Waals surface area contributed by atoms with Crippen LogP contribution in [0, 0.1) is 0 Å². The molecule has 0 aromatic heterocycles. The van der Waals surface area contributed by atoms with Gasteiger partial charge in [0.1, 0.15) is 5.54 Å². The average Bonchev–Trinajstić information content (AvgIpc) is 2.50. The Morgan fingerprint density at radius 3 is 2.48 bits per heavy atom. The first kappa shape index (κ1) is 17.9. The van der Waals surface area contributed by atoms with Crippen LogP contribution in [0.2, 0.25) is 0 Å². The first-order valence-corrected chi connectivity index (χ1v) is 7.93. The fourth-order valence-electron chi connectivity index (χ4n) is 2.66. The van der Waals surface area contributed by atoms with E-state index in [-0.39, 0.29) is 18.4 Å². The molecule has 122 valence electrons. The number of rotatable bonds is 9. The molecule has 0 atom stereocenters. The third-order valence-corrected chi connectivity index (χ3v) is 3.82. The zero-order valence-electron chi connectivity index (χ0n) is 13.3. The van der Waals surface area contributed by atoms with Crippen LogP contribution in [-0.2, 0) is 14.3 Å². The summed E-state index contributed by atoms with van der Waals surface area (Å²) in [5.74, 6) is -0.158. The standard InChI is InChI=1S/C15H29N3O3/c1-3-9-17-14(20)15(7-5-4-6-8-15)18-13(19)12-16-10-11-21-2/h16H,3-12H2,1-2H3,(H,17,20)(H,18,19). The molecule has 6 heteroatoms. The monoisotopic (exact) mass is 299 g/mol. The molecule has 1 aliphatic rings. The van der Waals surface area contributed by atoms with Gasteiger partial charge in [-0.2, -0.15) is 0 Å². The van der Waals surface area contributed by atoms with Gasteiger partial charge in [0.15, 0.2) is 0 Å². The normalized spacial score (nSPS) is 17.2. The second-order valence-electron chi connectivity index (χ2n) is 5.62. The highest BCUT2D eigenvalue weighted by Crippen LogP contribution is 2.28. The molecule has 3 N–H and O–H groups in total. The van der Waals surface area contributed by atoms with E-state index in [1.807, 2.05) is 6.92 Å². The first-order chi connectivity index (χ1) is 10.1. The molecule has 6 nitrogen and oxygen atoms in total. The van der Waals surface area contributed by atoms with E-state index >= 15 is 0 Å². The maximum Gasteiger partial charge on any atom is 0.245 e. The van der Waals surface area contributed by atoms with Gasteiger partial charge < -0.3 is 20.7 Å². The van der Waals surface area contributed by atoms with Gasteiger partial charge in [0.25, 0.3) is 0 Å². The lowest BCUT2D eigenvalue weighted by Crippen LogP contribution is -2.61. The molecule has 0 spiro atoms. The van der Waals surface area contributed by atoms with Crippen molar-refractivity contribution in [3.63, 3.8) is 0 Å². The van der Waals surface area contributed by atoms with Gasteiger partial charge in [0, 0.05) is 20.2 Å². The largest absolute Gasteiger partial charge is 0.383 e. The molecule has 0 bridgehead atoms. The molecule has 0 heterocycles. The fraction of sp³-hybridized carbons (Fsp3) is 0.867. The number of carbonyl (C=O) groups excluding carboxylic acids is 2. The van der Waals surface area contributed by atoms with E-state index in [9.17, 15) is 9.59 Å². The number of methoxy groups -OCH3 is 1. The molecule has 0 saturated heterocycles. The predicted octanol–water partition coefficient (Wildman–Crippen LogP) is 0.568. The molecule has 1 fully saturated rings. The lowest BCUT2D eigenvalue weighted by atomic mass is 9.80. The van der Waals surface area contributed by atoms with Crippen LogP contribution in [0.5, 0.6) is 0 Å². The van der Waals surface area contributed by atoms with E-state index in [2.05, 4.69) is 16.0 Å². The van der Waals surface area contributed by atoms with Crippen molar-refractivity contribution >= 4 is 11.8 Å². The van der Waals surface area contributed by atoms with Crippen LogP contribution < -0.4 is 16.0 Å². The van der Waals surface area contributed by atoms with E-state index in [0.717, 1.165) is 38.5 Å². The quantitative estimate of drug-likeness (QED) is 0.544. The van der Waals surface area contributed by atoms with Crippen molar-refractivity contribution in [2.45, 2.75) is 51.0 Å². The highest BCUT2D eigenvalue weighted by atomic mass is 16.5. The van der Waals surface area contributed by atoms with Gasteiger partial charge in [-0.05, 0) is 19.3 Å². The minimum atomic E-state index is -0.715. The Morgan fingerprint density at radius 1 is 1.14 bits per heavy atom. The third-order valence-electron chi connectivity index (χ3n) is 3.82. The van der Waals surface area contributed by atoms with Gasteiger partial charge >= 0.3 is 0 Å². The van der Waals surface area contributed by atoms with E-state index < -0.39 is 5.54 Å². The summed E-state index contributed by atoms with van der Waals surface area (Å²) in [5, 5.41) is 8.90. The Bertz CT molecular complexity index is 328. The Labute approximate surface area is 127 Å². The molecule has 1 rings (SSSR count). The molecule has 1 aliphatic carbocycles. The molecular weight excluding hydrogens is 270 g/mol. The van der Waals surface area contributed by atoms with Crippen molar-refractivity contribution in [1.29, 1.82) is 0 Å². The number of carbonyl (C=O) groups is 2. The lowest BCUT2D eigenvalue weighted by Gasteiger charge is -2.36. The van der Waals surface area contributed by atoms with Crippen molar-refractivity contribution in [3.8, 4) is 0 Å². The van der Waals surface area contributed by atoms with Crippen LogP contribution in [0.3, 0.4) is 0 Å². The van der Waals surface area contributed by atoms with E-state index in [1.165, 1.54) is 0 Å². The number of hydrogen-bond acceptors (Lipinski definition) is 4. The molecule has 0 aliphatic heterocycles. The Kier molecular flexibility index (Phi) is 8.30. The predicted molar refractivity (Wildman–Crippen MR) is 82.0 cm³/mol. The van der Waals surface area contributed by atoms with Crippen molar-refractivity contribution < 1.29 is 14.3 Å². The van der Waals surface area contributed by atoms with Crippen LogP contribution >= 0.6 is 0 Å². The lowest BCUT2D eigenvalue weighted by molar-refractivity contribution is -0.134. The SMILES string of the molecule is CCCNC(=O)C1(NC(=O)CNCCOC)CCCCC1. The second-order valence-corrected chi connectivity index (χ2v) is 5.62. The van der Waals surface area contributed by atoms with Crippen molar-refractivity contribution in [1.82, 2.24) is 16.0 Å². The summed E-state index contributed by atoms with van der Waals surface area (Å²) in [5.41, 5.74) is -0.715. The van der Waals surface area contributed by atoms with Crippen LogP contribution in [0.1, 0.15) is 45.4 Å². The molecule has 2 amide bonds. The topological polar surface area (TPSA) is 79.5 Å². The molecule has 1 saturated carbocycles. The van der Waals surface area contributed by atoms with Gasteiger partial charge in [-0.1, -0.05) is 26.2 Å². The zero-order valence-corrected chi connectivity index (χ0v) is 13.3. The highest BCUT2D eigenvalue weighted by Gasteiger charge is 2.40. The van der Waals surface area contributed by atoms with Crippen LogP contribution in [0.15, 0.2) is 0 Å².